The van der Waals surface area contributed by atoms with E-state index >= 15 is 0 Å². The van der Waals surface area contributed by atoms with Crippen molar-refractivity contribution in [1.82, 2.24) is 24.6 Å². The molecule has 1 atom stereocenters. The lowest BCUT2D eigenvalue weighted by atomic mass is 10.00. The fourth-order valence-electron chi connectivity index (χ4n) is 5.22. The summed E-state index contributed by atoms with van der Waals surface area (Å²) in [6, 6.07) is 28.1. The molecule has 0 fully saturated rings. The summed E-state index contributed by atoms with van der Waals surface area (Å²) in [5.41, 5.74) is 6.77. The summed E-state index contributed by atoms with van der Waals surface area (Å²) in [5, 5.41) is 7.96. The number of hydrogen-bond acceptors (Lipinski definition) is 2. The van der Waals surface area contributed by atoms with Gasteiger partial charge in [-0.2, -0.15) is 5.10 Å². The molecule has 0 radical (unpaired) electrons. The van der Waals surface area contributed by atoms with Gasteiger partial charge >= 0.3 is 6.03 Å². The van der Waals surface area contributed by atoms with Crippen LogP contribution in [0, 0.1) is 19.7 Å². The Bertz CT molecular complexity index is 1600. The van der Waals surface area contributed by atoms with Crippen molar-refractivity contribution in [3.63, 3.8) is 0 Å². The molecule has 6 rings (SSSR count). The van der Waals surface area contributed by atoms with Crippen molar-refractivity contribution in [2.75, 3.05) is 0 Å². The van der Waals surface area contributed by atoms with E-state index in [1.807, 2.05) is 65.2 Å². The summed E-state index contributed by atoms with van der Waals surface area (Å²) in [5.74, 6) is 0.631. The molecule has 5 aromatic rings. The van der Waals surface area contributed by atoms with Gasteiger partial charge < -0.3 is 14.8 Å². The Morgan fingerprint density at radius 1 is 0.974 bits per heavy atom. The standard InChI is InChI=1S/C31H28FN5O/c1-21-8-6-9-24(18-21)29-28-12-7-17-35(28)30-27(22(2)34-37(30)26-10-4-3-5-11-26)20-36(29)31(38)33-19-23-13-15-25(32)16-14-23/h3-18,29H,19-20H2,1-2H3,(H,33,38)/t29-/m1/s1. The maximum Gasteiger partial charge on any atom is 0.318 e. The number of nitrogens with zero attached hydrogens (tertiary/aromatic N) is 4. The van der Waals surface area contributed by atoms with Crippen LogP contribution >= 0.6 is 0 Å². The SMILES string of the molecule is Cc1cccc([C@@H]2c3cccn3-c3c(c(C)nn3-c3ccccc3)CN2C(=O)NCc2ccc(F)cc2)c1. The van der Waals surface area contributed by atoms with Crippen LogP contribution in [0.5, 0.6) is 0 Å². The first kappa shape index (κ1) is 23.7. The molecule has 2 aromatic heterocycles. The third-order valence-corrected chi connectivity index (χ3v) is 7.06. The topological polar surface area (TPSA) is 55.1 Å². The van der Waals surface area contributed by atoms with Gasteiger partial charge in [0, 0.05) is 18.3 Å². The first-order valence-electron chi connectivity index (χ1n) is 12.7. The zero-order valence-corrected chi connectivity index (χ0v) is 21.3. The van der Waals surface area contributed by atoms with Gasteiger partial charge in [-0.15, -0.1) is 0 Å². The number of fused-ring (bicyclic) bond motifs is 3. The summed E-state index contributed by atoms with van der Waals surface area (Å²) < 4.78 is 17.5. The molecule has 6 nitrogen and oxygen atoms in total. The molecule has 2 amide bonds. The highest BCUT2D eigenvalue weighted by atomic mass is 19.1. The molecule has 0 bridgehead atoms. The van der Waals surface area contributed by atoms with Gasteiger partial charge in [-0.05, 0) is 61.4 Å². The Hall–Kier alpha value is -4.65. The van der Waals surface area contributed by atoms with E-state index in [0.29, 0.717) is 13.1 Å². The van der Waals surface area contributed by atoms with Crippen LogP contribution < -0.4 is 5.32 Å². The maximum absolute atomic E-state index is 13.9. The third-order valence-electron chi connectivity index (χ3n) is 7.06. The highest BCUT2D eigenvalue weighted by molar-refractivity contribution is 5.76. The quantitative estimate of drug-likeness (QED) is 0.315. The van der Waals surface area contributed by atoms with Crippen LogP contribution in [0.15, 0.2) is 97.2 Å². The van der Waals surface area contributed by atoms with E-state index in [2.05, 4.69) is 41.1 Å². The van der Waals surface area contributed by atoms with Crippen LogP contribution in [-0.4, -0.2) is 25.3 Å². The van der Waals surface area contributed by atoms with Gasteiger partial charge in [0.2, 0.25) is 0 Å². The number of para-hydroxylation sites is 1. The van der Waals surface area contributed by atoms with Crippen LogP contribution in [0.25, 0.3) is 11.5 Å². The number of halogens is 1. The lowest BCUT2D eigenvalue weighted by molar-refractivity contribution is 0.180. The Labute approximate surface area is 221 Å². The van der Waals surface area contributed by atoms with Crippen LogP contribution in [0.1, 0.15) is 39.7 Å². The molecule has 0 saturated carbocycles. The van der Waals surface area contributed by atoms with Crippen LogP contribution in [0.2, 0.25) is 0 Å². The summed E-state index contributed by atoms with van der Waals surface area (Å²) in [7, 11) is 0. The maximum atomic E-state index is 13.9. The summed E-state index contributed by atoms with van der Waals surface area (Å²) in [6.07, 6.45) is 2.04. The molecule has 0 spiro atoms. The second kappa shape index (κ2) is 9.67. The summed E-state index contributed by atoms with van der Waals surface area (Å²) >= 11 is 0. The Morgan fingerprint density at radius 2 is 1.76 bits per heavy atom. The van der Waals surface area contributed by atoms with Gasteiger partial charge in [0.15, 0.2) is 0 Å². The molecule has 1 aliphatic heterocycles. The van der Waals surface area contributed by atoms with Gasteiger partial charge in [0.25, 0.3) is 0 Å². The molecule has 190 valence electrons. The molecule has 38 heavy (non-hydrogen) atoms. The van der Waals surface area contributed by atoms with Crippen molar-refractivity contribution in [3.05, 3.63) is 137 Å². The molecule has 7 heteroatoms. The summed E-state index contributed by atoms with van der Waals surface area (Å²) in [4.78, 5) is 15.8. The zero-order valence-electron chi connectivity index (χ0n) is 21.3. The molecular formula is C31H28FN5O. The predicted molar refractivity (Wildman–Crippen MR) is 145 cm³/mol. The zero-order chi connectivity index (χ0) is 26.2. The van der Waals surface area contributed by atoms with Crippen molar-refractivity contribution in [2.24, 2.45) is 0 Å². The molecule has 0 aliphatic carbocycles. The lowest BCUT2D eigenvalue weighted by Crippen LogP contribution is -2.41. The van der Waals surface area contributed by atoms with E-state index in [4.69, 9.17) is 5.10 Å². The van der Waals surface area contributed by atoms with Gasteiger partial charge in [-0.1, -0.05) is 60.2 Å². The number of rotatable bonds is 4. The average Bonchev–Trinajstić information content (AvgIpc) is 3.49. The fraction of sp³-hybridized carbons (Fsp3) is 0.161. The van der Waals surface area contributed by atoms with Gasteiger partial charge in [0.1, 0.15) is 11.6 Å². The number of carbonyl (C=O) groups excluding carboxylic acids is 1. The predicted octanol–water partition coefficient (Wildman–Crippen LogP) is 6.23. The third kappa shape index (κ3) is 4.26. The van der Waals surface area contributed by atoms with E-state index in [0.717, 1.165) is 45.1 Å². The molecule has 1 aliphatic rings. The Kier molecular flexibility index (Phi) is 6.04. The van der Waals surface area contributed by atoms with Crippen molar-refractivity contribution in [2.45, 2.75) is 33.0 Å². The average molecular weight is 506 g/mol. The summed E-state index contributed by atoms with van der Waals surface area (Å²) in [6.45, 7) is 4.73. The highest BCUT2D eigenvalue weighted by Gasteiger charge is 2.35. The van der Waals surface area contributed by atoms with Crippen molar-refractivity contribution < 1.29 is 9.18 Å². The number of benzene rings is 3. The number of aryl methyl sites for hydroxylation is 2. The number of amides is 2. The van der Waals surface area contributed by atoms with E-state index in [-0.39, 0.29) is 17.9 Å². The van der Waals surface area contributed by atoms with Gasteiger partial charge in [0.05, 0.1) is 29.7 Å². The van der Waals surface area contributed by atoms with Crippen molar-refractivity contribution in [1.29, 1.82) is 0 Å². The van der Waals surface area contributed by atoms with E-state index in [1.165, 1.54) is 12.1 Å². The second-order valence-corrected chi connectivity index (χ2v) is 9.67. The van der Waals surface area contributed by atoms with E-state index < -0.39 is 0 Å². The molecule has 3 heterocycles. The minimum absolute atomic E-state index is 0.201. The first-order chi connectivity index (χ1) is 18.5. The number of aromatic nitrogens is 3. The second-order valence-electron chi connectivity index (χ2n) is 9.67. The van der Waals surface area contributed by atoms with E-state index in [9.17, 15) is 9.18 Å². The first-order valence-corrected chi connectivity index (χ1v) is 12.7. The molecular weight excluding hydrogens is 477 g/mol. The van der Waals surface area contributed by atoms with Gasteiger partial charge in [-0.3, -0.25) is 0 Å². The number of carbonyl (C=O) groups is 1. The minimum Gasteiger partial charge on any atom is -0.334 e. The van der Waals surface area contributed by atoms with E-state index in [1.54, 1.807) is 12.1 Å². The van der Waals surface area contributed by atoms with Crippen LogP contribution in [-0.2, 0) is 13.1 Å². The van der Waals surface area contributed by atoms with Crippen molar-refractivity contribution >= 4 is 6.03 Å². The number of urea groups is 1. The van der Waals surface area contributed by atoms with Crippen LogP contribution in [0.4, 0.5) is 9.18 Å². The molecule has 0 saturated heterocycles. The van der Waals surface area contributed by atoms with Crippen LogP contribution in [0.3, 0.4) is 0 Å². The molecule has 3 aromatic carbocycles. The lowest BCUT2D eigenvalue weighted by Gasteiger charge is -2.31. The molecule has 1 N–H and O–H groups in total. The normalized spacial score (nSPS) is 14.5. The molecule has 0 unspecified atom stereocenters. The minimum atomic E-state index is -0.325. The largest absolute Gasteiger partial charge is 0.334 e. The monoisotopic (exact) mass is 505 g/mol. The smallest absolute Gasteiger partial charge is 0.318 e. The number of hydrogen-bond donors (Lipinski definition) is 1. The van der Waals surface area contributed by atoms with Gasteiger partial charge in [-0.25, -0.2) is 13.9 Å². The fourth-order valence-corrected chi connectivity index (χ4v) is 5.22. The Morgan fingerprint density at radius 3 is 2.53 bits per heavy atom. The van der Waals surface area contributed by atoms with Crippen molar-refractivity contribution in [3.8, 4) is 11.5 Å². The number of nitrogens with one attached hydrogen (secondary N) is 1. The highest BCUT2D eigenvalue weighted by Crippen LogP contribution is 2.38. The Balaban J connectivity index is 1.47.